The molecule has 0 N–H and O–H groups in total. The van der Waals surface area contributed by atoms with Crippen molar-refractivity contribution in [1.82, 2.24) is 29.6 Å². The van der Waals surface area contributed by atoms with Crippen LogP contribution in [0.5, 0.6) is 0 Å². The van der Waals surface area contributed by atoms with E-state index in [1.54, 1.807) is 10.8 Å². The van der Waals surface area contributed by atoms with E-state index in [0.717, 1.165) is 89.8 Å². The van der Waals surface area contributed by atoms with Gasteiger partial charge in [-0.25, -0.2) is 0 Å². The van der Waals surface area contributed by atoms with E-state index in [-0.39, 0.29) is 5.92 Å². The van der Waals surface area contributed by atoms with Crippen LogP contribution in [0.25, 0.3) is 5.65 Å². The van der Waals surface area contributed by atoms with E-state index in [1.165, 1.54) is 19.3 Å². The molecule has 0 radical (unpaired) electrons. The first kappa shape index (κ1) is 22.9. The number of hydrogen-bond acceptors (Lipinski definition) is 7. The number of ether oxygens (including phenoxy) is 1. The van der Waals surface area contributed by atoms with Crippen LogP contribution in [-0.2, 0) is 9.53 Å². The molecule has 0 aliphatic carbocycles. The molecule has 32 heavy (non-hydrogen) atoms. The maximum atomic E-state index is 13.4. The first-order valence-electron chi connectivity index (χ1n) is 12.3. The van der Waals surface area contributed by atoms with Crippen LogP contribution < -0.4 is 4.90 Å². The number of morpholine rings is 1. The summed E-state index contributed by atoms with van der Waals surface area (Å²) in [6, 6.07) is 3.94. The molecule has 0 spiro atoms. The molecule has 2 saturated heterocycles. The molecule has 4 heterocycles. The highest BCUT2D eigenvalue weighted by Gasteiger charge is 2.29. The number of hydrogen-bond donors (Lipinski definition) is 0. The van der Waals surface area contributed by atoms with Gasteiger partial charge in [0.15, 0.2) is 5.65 Å². The predicted molar refractivity (Wildman–Crippen MR) is 124 cm³/mol. The van der Waals surface area contributed by atoms with Crippen molar-refractivity contribution in [2.45, 2.75) is 45.4 Å². The Kier molecular flexibility index (Phi) is 8.28. The number of carbonyl (C=O) groups is 1. The molecule has 4 rings (SSSR count). The van der Waals surface area contributed by atoms with E-state index in [2.05, 4.69) is 36.9 Å². The van der Waals surface area contributed by atoms with Gasteiger partial charge in [-0.1, -0.05) is 26.2 Å². The highest BCUT2D eigenvalue weighted by Crippen LogP contribution is 2.24. The zero-order valence-electron chi connectivity index (χ0n) is 19.4. The van der Waals surface area contributed by atoms with Crippen molar-refractivity contribution in [2.75, 3.05) is 63.9 Å². The molecule has 2 fully saturated rings. The lowest BCUT2D eigenvalue weighted by Gasteiger charge is -2.36. The average molecular weight is 444 g/mol. The van der Waals surface area contributed by atoms with Crippen LogP contribution in [0.3, 0.4) is 0 Å². The minimum atomic E-state index is 0.112. The monoisotopic (exact) mass is 443 g/mol. The van der Waals surface area contributed by atoms with Crippen molar-refractivity contribution in [1.29, 1.82) is 0 Å². The van der Waals surface area contributed by atoms with E-state index in [9.17, 15) is 4.79 Å². The van der Waals surface area contributed by atoms with Gasteiger partial charge in [-0.3, -0.25) is 9.69 Å². The van der Waals surface area contributed by atoms with Gasteiger partial charge in [0.25, 0.3) is 0 Å². The van der Waals surface area contributed by atoms with Gasteiger partial charge in [-0.2, -0.15) is 4.52 Å². The number of unbranched alkanes of at least 4 members (excludes halogenated alkanes) is 3. The number of aromatic nitrogens is 4. The lowest BCUT2D eigenvalue weighted by molar-refractivity contribution is -0.136. The summed E-state index contributed by atoms with van der Waals surface area (Å²) in [6.07, 6.45) is 8.15. The molecule has 1 amide bonds. The van der Waals surface area contributed by atoms with Crippen molar-refractivity contribution in [2.24, 2.45) is 5.92 Å². The number of fused-ring (bicyclic) bond motifs is 1. The second-order valence-electron chi connectivity index (χ2n) is 8.93. The van der Waals surface area contributed by atoms with Crippen LogP contribution in [0.15, 0.2) is 18.5 Å². The number of rotatable bonds is 10. The Morgan fingerprint density at radius 3 is 2.69 bits per heavy atom. The fraction of sp³-hybridized carbons (Fsp3) is 0.739. The molecular weight excluding hydrogens is 406 g/mol. The second-order valence-corrected chi connectivity index (χ2v) is 8.93. The van der Waals surface area contributed by atoms with Gasteiger partial charge < -0.3 is 14.5 Å². The number of nitrogens with zero attached hydrogens (tertiary/aromatic N) is 7. The van der Waals surface area contributed by atoms with Crippen LogP contribution in [0.2, 0.25) is 0 Å². The summed E-state index contributed by atoms with van der Waals surface area (Å²) < 4.78 is 7.17. The Morgan fingerprint density at radius 1 is 1.09 bits per heavy atom. The van der Waals surface area contributed by atoms with Crippen molar-refractivity contribution in [3.8, 4) is 0 Å². The lowest BCUT2D eigenvalue weighted by Crippen LogP contribution is -2.47. The lowest BCUT2D eigenvalue weighted by atomic mass is 9.95. The second kappa shape index (κ2) is 11.6. The SMILES string of the molecule is CCCCCCN(CCN1CCOCC1)C(=O)C1CCN(c2ccc3nncn3n2)CC1. The van der Waals surface area contributed by atoms with Gasteiger partial charge in [0.2, 0.25) is 5.91 Å². The normalized spacial score (nSPS) is 18.3. The topological polar surface area (TPSA) is 79.1 Å². The summed E-state index contributed by atoms with van der Waals surface area (Å²) in [4.78, 5) is 20.3. The minimum absolute atomic E-state index is 0.112. The van der Waals surface area contributed by atoms with E-state index in [4.69, 9.17) is 4.74 Å². The smallest absolute Gasteiger partial charge is 0.225 e. The van der Waals surface area contributed by atoms with Gasteiger partial charge in [-0.15, -0.1) is 15.3 Å². The molecular formula is C23H37N7O2. The minimum Gasteiger partial charge on any atom is -0.379 e. The molecule has 0 saturated carbocycles. The summed E-state index contributed by atoms with van der Waals surface area (Å²) in [5, 5.41) is 12.5. The maximum Gasteiger partial charge on any atom is 0.225 e. The Bertz CT molecular complexity index is 844. The zero-order valence-corrected chi connectivity index (χ0v) is 19.4. The van der Waals surface area contributed by atoms with Gasteiger partial charge in [0.1, 0.15) is 12.1 Å². The van der Waals surface area contributed by atoms with Crippen molar-refractivity contribution >= 4 is 17.4 Å². The van der Waals surface area contributed by atoms with E-state index < -0.39 is 0 Å². The predicted octanol–water partition coefficient (Wildman–Crippen LogP) is 2.08. The molecule has 0 aromatic carbocycles. The molecule has 2 aliphatic heterocycles. The molecule has 0 unspecified atom stereocenters. The number of amides is 1. The Morgan fingerprint density at radius 2 is 1.91 bits per heavy atom. The third kappa shape index (κ3) is 5.95. The van der Waals surface area contributed by atoms with E-state index in [1.807, 2.05) is 12.1 Å². The molecule has 2 aromatic heterocycles. The molecule has 176 valence electrons. The van der Waals surface area contributed by atoms with Gasteiger partial charge in [-0.05, 0) is 31.4 Å². The van der Waals surface area contributed by atoms with Crippen LogP contribution >= 0.6 is 0 Å². The number of carbonyl (C=O) groups excluding carboxylic acids is 1. The van der Waals surface area contributed by atoms with Crippen LogP contribution in [0.4, 0.5) is 5.82 Å². The molecule has 2 aliphatic rings. The summed E-state index contributed by atoms with van der Waals surface area (Å²) in [5.74, 6) is 1.38. The molecule has 9 heteroatoms. The zero-order chi connectivity index (χ0) is 22.2. The molecule has 9 nitrogen and oxygen atoms in total. The van der Waals surface area contributed by atoms with Gasteiger partial charge in [0.05, 0.1) is 13.2 Å². The van der Waals surface area contributed by atoms with E-state index in [0.29, 0.717) is 5.91 Å². The standard InChI is InChI=1S/C23H37N7O2/c1-2-3-4-5-10-29(14-13-27-15-17-32-18-16-27)23(31)20-8-11-28(12-9-20)22-7-6-21-25-24-19-30(21)26-22/h6-7,19-20H,2-5,8-18H2,1H3. The molecule has 0 bridgehead atoms. The fourth-order valence-electron chi connectivity index (χ4n) is 4.65. The van der Waals surface area contributed by atoms with Crippen molar-refractivity contribution in [3.05, 3.63) is 18.5 Å². The first-order chi connectivity index (χ1) is 15.7. The van der Waals surface area contributed by atoms with Gasteiger partial charge in [0, 0.05) is 51.7 Å². The van der Waals surface area contributed by atoms with Crippen LogP contribution in [0.1, 0.15) is 45.4 Å². The molecule has 2 aromatic rings. The summed E-state index contributed by atoms with van der Waals surface area (Å²) in [5.41, 5.74) is 0.748. The Balaban J connectivity index is 1.31. The van der Waals surface area contributed by atoms with Crippen molar-refractivity contribution < 1.29 is 9.53 Å². The largest absolute Gasteiger partial charge is 0.379 e. The Hall–Kier alpha value is -2.26. The van der Waals surface area contributed by atoms with Gasteiger partial charge >= 0.3 is 0 Å². The van der Waals surface area contributed by atoms with Crippen LogP contribution in [0, 0.1) is 5.92 Å². The number of piperidine rings is 1. The third-order valence-electron chi connectivity index (χ3n) is 6.70. The van der Waals surface area contributed by atoms with Crippen LogP contribution in [-0.4, -0.2) is 94.5 Å². The average Bonchev–Trinajstić information content (AvgIpc) is 3.32. The Labute approximate surface area is 190 Å². The fourth-order valence-corrected chi connectivity index (χ4v) is 4.65. The highest BCUT2D eigenvalue weighted by molar-refractivity contribution is 5.79. The van der Waals surface area contributed by atoms with Crippen molar-refractivity contribution in [3.63, 3.8) is 0 Å². The summed E-state index contributed by atoms with van der Waals surface area (Å²) in [7, 11) is 0. The van der Waals surface area contributed by atoms with E-state index >= 15 is 0 Å². The maximum absolute atomic E-state index is 13.4. The quantitative estimate of drug-likeness (QED) is 0.520. The highest BCUT2D eigenvalue weighted by atomic mass is 16.5. The molecule has 0 atom stereocenters. The summed E-state index contributed by atoms with van der Waals surface area (Å²) in [6.45, 7) is 10.1. The summed E-state index contributed by atoms with van der Waals surface area (Å²) >= 11 is 0. The third-order valence-corrected chi connectivity index (χ3v) is 6.70. The first-order valence-corrected chi connectivity index (χ1v) is 12.3. The number of anilines is 1.